The first-order valence-electron chi connectivity index (χ1n) is 8.80. The highest BCUT2D eigenvalue weighted by molar-refractivity contribution is 5.93. The summed E-state index contributed by atoms with van der Waals surface area (Å²) in [5, 5.41) is 9.05. The molecule has 0 radical (unpaired) electrons. The van der Waals surface area contributed by atoms with Crippen LogP contribution in [0.25, 0.3) is 10.9 Å². The van der Waals surface area contributed by atoms with Crippen molar-refractivity contribution in [3.63, 3.8) is 0 Å². The molecule has 6 nitrogen and oxygen atoms in total. The zero-order chi connectivity index (χ0) is 19.7. The van der Waals surface area contributed by atoms with Gasteiger partial charge < -0.3 is 19.1 Å². The fourth-order valence-corrected chi connectivity index (χ4v) is 3.48. The van der Waals surface area contributed by atoms with Crippen molar-refractivity contribution in [1.29, 1.82) is 0 Å². The molecule has 1 aliphatic rings. The van der Waals surface area contributed by atoms with Gasteiger partial charge in [0.15, 0.2) is 11.5 Å². The topological polar surface area (TPSA) is 56.7 Å². The van der Waals surface area contributed by atoms with E-state index < -0.39 is 17.7 Å². The number of anilines is 1. The summed E-state index contributed by atoms with van der Waals surface area (Å²) in [5.41, 5.74) is 1.36. The van der Waals surface area contributed by atoms with E-state index in [2.05, 4.69) is 10.2 Å². The van der Waals surface area contributed by atoms with E-state index >= 15 is 0 Å². The second-order valence-electron chi connectivity index (χ2n) is 6.39. The molecule has 3 aromatic rings. The van der Waals surface area contributed by atoms with Gasteiger partial charge in [-0.25, -0.2) is 8.78 Å². The first-order valence-corrected chi connectivity index (χ1v) is 8.80. The molecule has 2 heterocycles. The monoisotopic (exact) mass is 387 g/mol. The summed E-state index contributed by atoms with van der Waals surface area (Å²) in [7, 11) is 3.11. The number of hydrogen-bond donors (Lipinski definition) is 0. The van der Waals surface area contributed by atoms with Gasteiger partial charge in [-0.05, 0) is 18.2 Å². The summed E-state index contributed by atoms with van der Waals surface area (Å²) < 4.78 is 44.8. The Bertz CT molecular complexity index is 995. The molecular formula is C20H19F2N3O3. The zero-order valence-electron chi connectivity index (χ0n) is 15.5. The number of fused-ring (bicyclic) bond motifs is 1. The fraction of sp³-hybridized carbons (Fsp3) is 0.300. The largest absolute Gasteiger partial charge is 0.493 e. The third-order valence-corrected chi connectivity index (χ3v) is 4.85. The van der Waals surface area contributed by atoms with Crippen LogP contribution in [0.2, 0.25) is 0 Å². The van der Waals surface area contributed by atoms with Gasteiger partial charge in [-0.2, -0.15) is 10.2 Å². The minimum Gasteiger partial charge on any atom is -0.493 e. The Kier molecular flexibility index (Phi) is 4.95. The van der Waals surface area contributed by atoms with E-state index in [-0.39, 0.29) is 12.1 Å². The van der Waals surface area contributed by atoms with Gasteiger partial charge in [-0.1, -0.05) is 6.07 Å². The SMILES string of the molecule is COc1cc2nncc(N3CCOC(c4c(F)cccc4F)C3)c2cc1OC. The molecule has 0 amide bonds. The molecular weight excluding hydrogens is 368 g/mol. The summed E-state index contributed by atoms with van der Waals surface area (Å²) in [4.78, 5) is 1.99. The maximum Gasteiger partial charge on any atom is 0.162 e. The molecule has 0 bridgehead atoms. The lowest BCUT2D eigenvalue weighted by Gasteiger charge is -2.35. The van der Waals surface area contributed by atoms with Gasteiger partial charge in [-0.3, -0.25) is 0 Å². The lowest BCUT2D eigenvalue weighted by molar-refractivity contribution is 0.0351. The molecule has 146 valence electrons. The number of halogens is 2. The maximum atomic E-state index is 14.2. The molecule has 2 aromatic carbocycles. The van der Waals surface area contributed by atoms with E-state index in [1.807, 2.05) is 11.0 Å². The average Bonchev–Trinajstić information content (AvgIpc) is 2.72. The van der Waals surface area contributed by atoms with Crippen molar-refractivity contribution >= 4 is 16.6 Å². The quantitative estimate of drug-likeness (QED) is 0.683. The fourth-order valence-electron chi connectivity index (χ4n) is 3.48. The van der Waals surface area contributed by atoms with Gasteiger partial charge in [0.1, 0.15) is 17.7 Å². The van der Waals surface area contributed by atoms with Gasteiger partial charge in [0.25, 0.3) is 0 Å². The van der Waals surface area contributed by atoms with Crippen molar-refractivity contribution in [3.05, 3.63) is 53.7 Å². The van der Waals surface area contributed by atoms with Crippen LogP contribution in [0.15, 0.2) is 36.5 Å². The maximum absolute atomic E-state index is 14.2. The molecule has 1 aromatic heterocycles. The highest BCUT2D eigenvalue weighted by Gasteiger charge is 2.28. The normalized spacial score (nSPS) is 17.0. The Hall–Kier alpha value is -3.00. The minimum atomic E-state index is -0.724. The average molecular weight is 387 g/mol. The Morgan fingerprint density at radius 1 is 1.11 bits per heavy atom. The van der Waals surface area contributed by atoms with Crippen LogP contribution < -0.4 is 14.4 Å². The van der Waals surface area contributed by atoms with Gasteiger partial charge in [0.05, 0.1) is 43.8 Å². The molecule has 1 aliphatic heterocycles. The molecule has 1 atom stereocenters. The number of methoxy groups -OCH3 is 2. The summed E-state index contributed by atoms with van der Waals surface area (Å²) >= 11 is 0. The van der Waals surface area contributed by atoms with Crippen LogP contribution in [0.1, 0.15) is 11.7 Å². The highest BCUT2D eigenvalue weighted by Crippen LogP contribution is 2.37. The van der Waals surface area contributed by atoms with Crippen LogP contribution in [0, 0.1) is 11.6 Å². The summed E-state index contributed by atoms with van der Waals surface area (Å²) in [5.74, 6) is -0.115. The van der Waals surface area contributed by atoms with E-state index in [1.54, 1.807) is 26.5 Å². The second kappa shape index (κ2) is 7.55. The molecule has 0 spiro atoms. The molecule has 28 heavy (non-hydrogen) atoms. The summed E-state index contributed by atoms with van der Waals surface area (Å²) in [6, 6.07) is 7.39. The van der Waals surface area contributed by atoms with E-state index in [1.165, 1.54) is 18.2 Å². The number of aromatic nitrogens is 2. The Morgan fingerprint density at radius 2 is 1.82 bits per heavy atom. The Labute approximate surface area is 160 Å². The molecule has 1 fully saturated rings. The van der Waals surface area contributed by atoms with Crippen LogP contribution in [-0.2, 0) is 4.74 Å². The predicted molar refractivity (Wildman–Crippen MR) is 99.9 cm³/mol. The predicted octanol–water partition coefficient (Wildman–Crippen LogP) is 3.50. The number of nitrogens with zero attached hydrogens (tertiary/aromatic N) is 3. The number of rotatable bonds is 4. The van der Waals surface area contributed by atoms with Crippen LogP contribution in [0.3, 0.4) is 0 Å². The zero-order valence-corrected chi connectivity index (χ0v) is 15.5. The molecule has 8 heteroatoms. The van der Waals surface area contributed by atoms with Crippen LogP contribution in [0.5, 0.6) is 11.5 Å². The molecule has 1 unspecified atom stereocenters. The lowest BCUT2D eigenvalue weighted by Crippen LogP contribution is -2.39. The first-order chi connectivity index (χ1) is 13.6. The molecule has 0 aliphatic carbocycles. The van der Waals surface area contributed by atoms with Crippen LogP contribution >= 0.6 is 0 Å². The Balaban J connectivity index is 1.73. The number of benzene rings is 2. The smallest absolute Gasteiger partial charge is 0.162 e. The van der Waals surface area contributed by atoms with E-state index in [4.69, 9.17) is 14.2 Å². The standard InChI is InChI=1S/C20H19F2N3O3/c1-26-17-8-12-15(9-18(17)27-2)24-23-10-16(12)25-6-7-28-19(11-25)20-13(21)4-3-5-14(20)22/h3-5,8-10,19H,6-7,11H2,1-2H3. The van der Waals surface area contributed by atoms with Crippen molar-refractivity contribution < 1.29 is 23.0 Å². The molecule has 0 saturated carbocycles. The third kappa shape index (κ3) is 3.20. The summed E-state index contributed by atoms with van der Waals surface area (Å²) in [6.07, 6.45) is 0.909. The molecule has 4 rings (SSSR count). The van der Waals surface area contributed by atoms with Gasteiger partial charge in [0.2, 0.25) is 0 Å². The van der Waals surface area contributed by atoms with Crippen LogP contribution in [-0.4, -0.2) is 44.1 Å². The lowest BCUT2D eigenvalue weighted by atomic mass is 10.1. The number of morpholine rings is 1. The van der Waals surface area contributed by atoms with Crippen molar-refractivity contribution in [2.24, 2.45) is 0 Å². The van der Waals surface area contributed by atoms with Gasteiger partial charge >= 0.3 is 0 Å². The van der Waals surface area contributed by atoms with E-state index in [9.17, 15) is 8.78 Å². The highest BCUT2D eigenvalue weighted by atomic mass is 19.1. The van der Waals surface area contributed by atoms with E-state index in [0.717, 1.165) is 11.1 Å². The minimum absolute atomic E-state index is 0.0576. The van der Waals surface area contributed by atoms with Gasteiger partial charge in [0, 0.05) is 24.5 Å². The van der Waals surface area contributed by atoms with Crippen molar-refractivity contribution in [3.8, 4) is 11.5 Å². The molecule has 0 N–H and O–H groups in total. The second-order valence-corrected chi connectivity index (χ2v) is 6.39. The van der Waals surface area contributed by atoms with Gasteiger partial charge in [-0.15, -0.1) is 0 Å². The van der Waals surface area contributed by atoms with Crippen molar-refractivity contribution in [2.45, 2.75) is 6.10 Å². The Morgan fingerprint density at radius 3 is 2.54 bits per heavy atom. The van der Waals surface area contributed by atoms with Crippen molar-refractivity contribution in [2.75, 3.05) is 38.8 Å². The summed E-state index contributed by atoms with van der Waals surface area (Å²) in [6.45, 7) is 1.17. The number of hydrogen-bond acceptors (Lipinski definition) is 6. The third-order valence-electron chi connectivity index (χ3n) is 4.85. The van der Waals surface area contributed by atoms with E-state index in [0.29, 0.717) is 30.2 Å². The first kappa shape index (κ1) is 18.4. The molecule has 1 saturated heterocycles. The van der Waals surface area contributed by atoms with Crippen molar-refractivity contribution in [1.82, 2.24) is 10.2 Å². The number of ether oxygens (including phenoxy) is 3. The van der Waals surface area contributed by atoms with Crippen LogP contribution in [0.4, 0.5) is 14.5 Å².